The van der Waals surface area contributed by atoms with Crippen LogP contribution in [-0.2, 0) is 11.2 Å². The molecular formula is C28H44FNO3. The highest BCUT2D eigenvalue weighted by atomic mass is 19.1. The molecule has 0 unspecified atom stereocenters. The third kappa shape index (κ3) is 8.51. The number of carbonyl (C=O) groups excluding carboxylic acids is 2. The largest absolute Gasteiger partial charge is 0.396 e. The van der Waals surface area contributed by atoms with Crippen molar-refractivity contribution < 1.29 is 19.1 Å². The molecule has 1 saturated carbocycles. The summed E-state index contributed by atoms with van der Waals surface area (Å²) >= 11 is 0. The molecule has 4 nitrogen and oxygen atoms in total. The number of aryl methyl sites for hydroxylation is 1. The zero-order valence-corrected chi connectivity index (χ0v) is 21.2. The van der Waals surface area contributed by atoms with E-state index in [0.717, 1.165) is 43.8 Å². The van der Waals surface area contributed by atoms with E-state index in [1.807, 2.05) is 13.0 Å². The van der Waals surface area contributed by atoms with E-state index < -0.39 is 5.82 Å². The number of ketones is 1. The van der Waals surface area contributed by atoms with Gasteiger partial charge in [-0.1, -0.05) is 39.7 Å². The summed E-state index contributed by atoms with van der Waals surface area (Å²) in [6.07, 6.45) is 10.9. The summed E-state index contributed by atoms with van der Waals surface area (Å²) in [4.78, 5) is 25.6. The van der Waals surface area contributed by atoms with Crippen LogP contribution in [0.15, 0.2) is 18.2 Å². The number of aliphatic hydroxyl groups excluding tert-OH is 1. The quantitative estimate of drug-likeness (QED) is 0.352. The lowest BCUT2D eigenvalue weighted by molar-refractivity contribution is -0.136. The van der Waals surface area contributed by atoms with Crippen LogP contribution in [0.25, 0.3) is 0 Å². The molecule has 1 aliphatic carbocycles. The van der Waals surface area contributed by atoms with E-state index in [1.54, 1.807) is 6.07 Å². The number of Topliss-reactive ketones (excluding diaryl/α,β-unsaturated/α-hetero) is 1. The normalized spacial score (nSPS) is 17.5. The minimum atomic E-state index is -0.394. The van der Waals surface area contributed by atoms with Gasteiger partial charge in [-0.25, -0.2) is 4.39 Å². The van der Waals surface area contributed by atoms with Crippen molar-refractivity contribution in [2.75, 3.05) is 19.7 Å². The van der Waals surface area contributed by atoms with Crippen LogP contribution in [-0.4, -0.2) is 41.4 Å². The van der Waals surface area contributed by atoms with Crippen LogP contribution in [0.2, 0.25) is 0 Å². The highest BCUT2D eigenvalue weighted by Gasteiger charge is 2.45. The first kappa shape index (κ1) is 27.5. The van der Waals surface area contributed by atoms with Gasteiger partial charge in [0.25, 0.3) is 0 Å². The van der Waals surface area contributed by atoms with Gasteiger partial charge in [0.2, 0.25) is 5.91 Å². The summed E-state index contributed by atoms with van der Waals surface area (Å²) in [6, 6.07) is 5.01. The molecule has 3 rings (SSSR count). The van der Waals surface area contributed by atoms with Crippen molar-refractivity contribution in [3.8, 4) is 0 Å². The molecule has 5 heteroatoms. The molecule has 0 bridgehead atoms. The standard InChI is InChI=1S/C25H36FNO2.C3H8O/c1-18(2)14-24(29)27-12-10-25(11-13-27)16-21(17-25)7-5-4-6-20-8-9-22(19(3)28)23(26)15-20;1-2-3-4/h8-9,15,18,21H,4-7,10-14,16-17H2,1-3H3;4H,2-3H2,1H3. The summed E-state index contributed by atoms with van der Waals surface area (Å²) in [7, 11) is 0. The topological polar surface area (TPSA) is 57.6 Å². The van der Waals surface area contributed by atoms with Gasteiger partial charge in [0, 0.05) is 26.1 Å². The van der Waals surface area contributed by atoms with E-state index >= 15 is 0 Å². The number of piperidine rings is 1. The van der Waals surface area contributed by atoms with E-state index in [4.69, 9.17) is 5.11 Å². The molecule has 2 fully saturated rings. The lowest BCUT2D eigenvalue weighted by Gasteiger charge is -2.52. The van der Waals surface area contributed by atoms with Gasteiger partial charge in [0.15, 0.2) is 5.78 Å². The number of likely N-dealkylation sites (tertiary alicyclic amines) is 1. The Morgan fingerprint density at radius 2 is 1.82 bits per heavy atom. The molecule has 0 radical (unpaired) electrons. The number of hydrogen-bond acceptors (Lipinski definition) is 3. The number of hydrogen-bond donors (Lipinski definition) is 1. The monoisotopic (exact) mass is 461 g/mol. The van der Waals surface area contributed by atoms with E-state index in [1.165, 1.54) is 51.5 Å². The maximum Gasteiger partial charge on any atom is 0.222 e. The molecular weight excluding hydrogens is 417 g/mol. The fourth-order valence-corrected chi connectivity index (χ4v) is 5.25. The minimum Gasteiger partial charge on any atom is -0.396 e. The van der Waals surface area contributed by atoms with Gasteiger partial charge in [-0.05, 0) is 86.8 Å². The van der Waals surface area contributed by atoms with Gasteiger partial charge in [0.1, 0.15) is 5.82 Å². The fourth-order valence-electron chi connectivity index (χ4n) is 5.25. The summed E-state index contributed by atoms with van der Waals surface area (Å²) in [5, 5.41) is 7.88. The zero-order valence-electron chi connectivity index (χ0n) is 21.2. The molecule has 0 aromatic heterocycles. The van der Waals surface area contributed by atoms with Crippen molar-refractivity contribution in [3.05, 3.63) is 35.1 Å². The van der Waals surface area contributed by atoms with Gasteiger partial charge >= 0.3 is 0 Å². The van der Waals surface area contributed by atoms with E-state index in [-0.39, 0.29) is 11.3 Å². The summed E-state index contributed by atoms with van der Waals surface area (Å²) in [6.45, 7) is 9.76. The Kier molecular flexibility index (Phi) is 11.0. The Bertz CT molecular complexity index is 758. The first-order valence-corrected chi connectivity index (χ1v) is 12.9. The van der Waals surface area contributed by atoms with Crippen molar-refractivity contribution in [2.24, 2.45) is 17.3 Å². The van der Waals surface area contributed by atoms with Gasteiger partial charge in [-0.3, -0.25) is 9.59 Å². The molecule has 1 aromatic rings. The predicted octanol–water partition coefficient (Wildman–Crippen LogP) is 6.19. The second kappa shape index (κ2) is 13.2. The molecule has 0 atom stereocenters. The Labute approximate surface area is 199 Å². The van der Waals surface area contributed by atoms with Gasteiger partial charge < -0.3 is 10.0 Å². The Morgan fingerprint density at radius 3 is 2.33 bits per heavy atom. The van der Waals surface area contributed by atoms with Crippen LogP contribution in [0, 0.1) is 23.1 Å². The smallest absolute Gasteiger partial charge is 0.222 e. The van der Waals surface area contributed by atoms with Crippen LogP contribution >= 0.6 is 0 Å². The minimum absolute atomic E-state index is 0.186. The maximum absolute atomic E-state index is 13.9. The number of aliphatic hydroxyl groups is 1. The predicted molar refractivity (Wildman–Crippen MR) is 132 cm³/mol. The van der Waals surface area contributed by atoms with Crippen molar-refractivity contribution in [1.29, 1.82) is 0 Å². The van der Waals surface area contributed by atoms with Gasteiger partial charge in [-0.2, -0.15) is 0 Å². The molecule has 186 valence electrons. The second-order valence-electron chi connectivity index (χ2n) is 10.6. The number of rotatable bonds is 9. The number of benzene rings is 1. The number of nitrogens with zero attached hydrogens (tertiary/aromatic N) is 1. The zero-order chi connectivity index (χ0) is 24.4. The Morgan fingerprint density at radius 1 is 1.18 bits per heavy atom. The first-order chi connectivity index (χ1) is 15.7. The summed E-state index contributed by atoms with van der Waals surface area (Å²) in [5.74, 6) is 0.982. The number of unbranched alkanes of at least 4 members (excludes halogenated alkanes) is 1. The molecule has 33 heavy (non-hydrogen) atoms. The SMILES string of the molecule is CC(=O)c1ccc(CCCCC2CC3(CCN(C(=O)CC(C)C)CC3)C2)cc1F.CCCO. The van der Waals surface area contributed by atoms with E-state index in [9.17, 15) is 14.0 Å². The average Bonchev–Trinajstić information content (AvgIpc) is 2.75. The van der Waals surface area contributed by atoms with E-state index in [2.05, 4.69) is 18.7 Å². The highest BCUT2D eigenvalue weighted by molar-refractivity contribution is 5.94. The van der Waals surface area contributed by atoms with Crippen molar-refractivity contribution in [2.45, 2.75) is 91.9 Å². The molecule has 1 heterocycles. The third-order valence-electron chi connectivity index (χ3n) is 7.17. The second-order valence-corrected chi connectivity index (χ2v) is 10.6. The number of halogens is 1. The van der Waals surface area contributed by atoms with Crippen LogP contribution in [0.3, 0.4) is 0 Å². The molecule has 1 aliphatic heterocycles. The molecule has 1 N–H and O–H groups in total. The van der Waals surface area contributed by atoms with Crippen molar-refractivity contribution >= 4 is 11.7 Å². The van der Waals surface area contributed by atoms with Crippen LogP contribution in [0.1, 0.15) is 101 Å². The third-order valence-corrected chi connectivity index (χ3v) is 7.17. The fraction of sp³-hybridized carbons (Fsp3) is 0.714. The number of carbonyl (C=O) groups is 2. The Hall–Kier alpha value is -1.75. The van der Waals surface area contributed by atoms with Crippen molar-refractivity contribution in [3.63, 3.8) is 0 Å². The average molecular weight is 462 g/mol. The lowest BCUT2D eigenvalue weighted by Crippen LogP contribution is -2.48. The lowest BCUT2D eigenvalue weighted by atomic mass is 9.56. The molecule has 1 amide bonds. The van der Waals surface area contributed by atoms with E-state index in [0.29, 0.717) is 30.3 Å². The molecule has 1 aromatic carbocycles. The highest BCUT2D eigenvalue weighted by Crippen LogP contribution is 2.54. The maximum atomic E-state index is 13.9. The molecule has 2 aliphatic rings. The van der Waals surface area contributed by atoms with Crippen LogP contribution in [0.5, 0.6) is 0 Å². The Balaban J connectivity index is 0.000000890. The molecule has 1 spiro atoms. The number of amides is 1. The van der Waals surface area contributed by atoms with Crippen molar-refractivity contribution in [1.82, 2.24) is 4.90 Å². The van der Waals surface area contributed by atoms with Gasteiger partial charge in [-0.15, -0.1) is 0 Å². The van der Waals surface area contributed by atoms with Gasteiger partial charge in [0.05, 0.1) is 5.56 Å². The summed E-state index contributed by atoms with van der Waals surface area (Å²) in [5.41, 5.74) is 1.67. The van der Waals surface area contributed by atoms with Crippen LogP contribution < -0.4 is 0 Å². The molecule has 1 saturated heterocycles. The first-order valence-electron chi connectivity index (χ1n) is 12.9. The van der Waals surface area contributed by atoms with Crippen LogP contribution in [0.4, 0.5) is 4.39 Å². The summed E-state index contributed by atoms with van der Waals surface area (Å²) < 4.78 is 13.9.